The van der Waals surface area contributed by atoms with Gasteiger partial charge in [0.25, 0.3) is 0 Å². The fourth-order valence-electron chi connectivity index (χ4n) is 3.09. The molecule has 0 aliphatic carbocycles. The predicted octanol–water partition coefficient (Wildman–Crippen LogP) is 3.50. The highest BCUT2D eigenvalue weighted by Gasteiger charge is 2.26. The van der Waals surface area contributed by atoms with Crippen LogP contribution in [0.5, 0.6) is 0 Å². The number of nitrogens with zero attached hydrogens (tertiary/aromatic N) is 1. The van der Waals surface area contributed by atoms with Crippen molar-refractivity contribution >= 4 is 10.0 Å². The Morgan fingerprint density at radius 3 is 1.96 bits per heavy atom. The summed E-state index contributed by atoms with van der Waals surface area (Å²) < 4.78 is 29.4. The molecule has 0 radical (unpaired) electrons. The van der Waals surface area contributed by atoms with Crippen LogP contribution in [0.25, 0.3) is 0 Å². The van der Waals surface area contributed by atoms with Crippen LogP contribution in [0.4, 0.5) is 0 Å². The van der Waals surface area contributed by atoms with Crippen LogP contribution in [0.2, 0.25) is 0 Å². The van der Waals surface area contributed by atoms with Gasteiger partial charge < -0.3 is 4.90 Å². The van der Waals surface area contributed by atoms with Crippen molar-refractivity contribution in [2.75, 3.05) is 20.6 Å². The molecule has 2 aromatic rings. The Morgan fingerprint density at radius 1 is 0.960 bits per heavy atom. The minimum absolute atomic E-state index is 0.305. The van der Waals surface area contributed by atoms with E-state index in [-0.39, 0.29) is 6.04 Å². The Morgan fingerprint density at radius 2 is 1.48 bits per heavy atom. The third-order valence-electron chi connectivity index (χ3n) is 4.61. The van der Waals surface area contributed by atoms with E-state index in [1.165, 1.54) is 0 Å². The largest absolute Gasteiger partial charge is 0.307 e. The molecule has 5 heteroatoms. The van der Waals surface area contributed by atoms with Gasteiger partial charge in [-0.2, -0.15) is 0 Å². The average Bonchev–Trinajstić information content (AvgIpc) is 2.52. The first-order chi connectivity index (χ1) is 11.6. The van der Waals surface area contributed by atoms with E-state index in [4.69, 9.17) is 0 Å². The van der Waals surface area contributed by atoms with E-state index in [1.807, 2.05) is 83.1 Å². The van der Waals surface area contributed by atoms with Crippen LogP contribution in [0.3, 0.4) is 0 Å². The molecule has 2 rings (SSSR count). The van der Waals surface area contributed by atoms with Gasteiger partial charge in [0.1, 0.15) is 0 Å². The van der Waals surface area contributed by atoms with E-state index in [1.54, 1.807) is 0 Å². The summed E-state index contributed by atoms with van der Waals surface area (Å²) in [6.07, 6.45) is 0. The zero-order valence-electron chi connectivity index (χ0n) is 15.9. The van der Waals surface area contributed by atoms with Crippen molar-refractivity contribution in [2.24, 2.45) is 0 Å². The van der Waals surface area contributed by atoms with Gasteiger partial charge in [0, 0.05) is 6.54 Å². The lowest BCUT2D eigenvalue weighted by molar-refractivity contribution is 0.363. The van der Waals surface area contributed by atoms with E-state index >= 15 is 0 Å². The van der Waals surface area contributed by atoms with Gasteiger partial charge in [0.05, 0.1) is 10.9 Å². The van der Waals surface area contributed by atoms with Crippen molar-refractivity contribution in [3.63, 3.8) is 0 Å². The lowest BCUT2D eigenvalue weighted by Gasteiger charge is -2.24. The highest BCUT2D eigenvalue weighted by Crippen LogP contribution is 2.27. The SMILES string of the molecule is Cc1cc(C)c(C)c(S(=O)(=O)N[C@H](CN(C)C)c2ccccc2)c1C. The Bertz CT molecular complexity index is 817. The third kappa shape index (κ3) is 4.48. The zero-order valence-corrected chi connectivity index (χ0v) is 16.7. The van der Waals surface area contributed by atoms with Crippen LogP contribution in [0.1, 0.15) is 33.9 Å². The molecule has 0 bridgehead atoms. The number of nitrogens with one attached hydrogen (secondary N) is 1. The summed E-state index contributed by atoms with van der Waals surface area (Å²) in [6.45, 7) is 8.25. The number of sulfonamides is 1. The van der Waals surface area contributed by atoms with E-state index in [0.29, 0.717) is 11.4 Å². The summed E-state index contributed by atoms with van der Waals surface area (Å²) in [5, 5.41) is 0. The molecule has 2 aromatic carbocycles. The Labute approximate surface area is 151 Å². The second-order valence-electron chi connectivity index (χ2n) is 6.94. The smallest absolute Gasteiger partial charge is 0.241 e. The average molecular weight is 361 g/mol. The maximum atomic E-state index is 13.2. The normalized spacial score (nSPS) is 13.2. The molecule has 0 saturated heterocycles. The van der Waals surface area contributed by atoms with Gasteiger partial charge >= 0.3 is 0 Å². The van der Waals surface area contributed by atoms with E-state index in [2.05, 4.69) is 4.72 Å². The summed E-state index contributed by atoms with van der Waals surface area (Å²) in [6, 6.07) is 11.4. The van der Waals surface area contributed by atoms with Gasteiger partial charge in [-0.25, -0.2) is 13.1 Å². The highest BCUT2D eigenvalue weighted by molar-refractivity contribution is 7.89. The molecule has 0 spiro atoms. The summed E-state index contributed by atoms with van der Waals surface area (Å²) in [5.41, 5.74) is 4.57. The lowest BCUT2D eigenvalue weighted by atomic mass is 10.0. The van der Waals surface area contributed by atoms with Crippen LogP contribution in [-0.2, 0) is 10.0 Å². The molecule has 0 fully saturated rings. The first-order valence-electron chi connectivity index (χ1n) is 8.43. The van der Waals surface area contributed by atoms with E-state index in [0.717, 1.165) is 27.8 Å². The van der Waals surface area contributed by atoms with Gasteiger partial charge in [0.2, 0.25) is 10.0 Å². The number of likely N-dealkylation sites (N-methyl/N-ethyl adjacent to an activating group) is 1. The minimum Gasteiger partial charge on any atom is -0.307 e. The topological polar surface area (TPSA) is 49.4 Å². The minimum atomic E-state index is -3.64. The second kappa shape index (κ2) is 7.68. The molecule has 136 valence electrons. The fraction of sp³-hybridized carbons (Fsp3) is 0.400. The van der Waals surface area contributed by atoms with Gasteiger partial charge in [-0.05, 0) is 69.6 Å². The van der Waals surface area contributed by atoms with Crippen molar-refractivity contribution in [2.45, 2.75) is 38.6 Å². The number of hydrogen-bond acceptors (Lipinski definition) is 3. The molecule has 25 heavy (non-hydrogen) atoms. The first-order valence-corrected chi connectivity index (χ1v) is 9.91. The van der Waals surface area contributed by atoms with Crippen molar-refractivity contribution < 1.29 is 8.42 Å². The zero-order chi connectivity index (χ0) is 18.8. The predicted molar refractivity (Wildman–Crippen MR) is 103 cm³/mol. The monoisotopic (exact) mass is 360 g/mol. The molecular weight excluding hydrogens is 332 g/mol. The van der Waals surface area contributed by atoms with Gasteiger partial charge in [0.15, 0.2) is 0 Å². The number of hydrogen-bond donors (Lipinski definition) is 1. The van der Waals surface area contributed by atoms with Crippen LogP contribution in [0, 0.1) is 27.7 Å². The van der Waals surface area contributed by atoms with Crippen LogP contribution in [-0.4, -0.2) is 34.0 Å². The summed E-state index contributed by atoms with van der Waals surface area (Å²) in [4.78, 5) is 2.39. The highest BCUT2D eigenvalue weighted by atomic mass is 32.2. The fourth-order valence-corrected chi connectivity index (χ4v) is 4.92. The molecule has 0 aliphatic rings. The van der Waals surface area contributed by atoms with Crippen LogP contribution >= 0.6 is 0 Å². The number of benzene rings is 2. The Kier molecular flexibility index (Phi) is 6.03. The Hall–Kier alpha value is -1.69. The molecule has 1 atom stereocenters. The molecule has 0 heterocycles. The maximum Gasteiger partial charge on any atom is 0.241 e. The summed E-state index contributed by atoms with van der Waals surface area (Å²) in [5.74, 6) is 0. The van der Waals surface area contributed by atoms with Crippen molar-refractivity contribution in [1.29, 1.82) is 0 Å². The summed E-state index contributed by atoms with van der Waals surface area (Å²) in [7, 11) is 0.248. The van der Waals surface area contributed by atoms with Crippen LogP contribution < -0.4 is 4.72 Å². The van der Waals surface area contributed by atoms with Crippen LogP contribution in [0.15, 0.2) is 41.3 Å². The molecule has 0 aromatic heterocycles. The quantitative estimate of drug-likeness (QED) is 0.858. The Balaban J connectivity index is 2.49. The third-order valence-corrected chi connectivity index (χ3v) is 6.36. The first kappa shape index (κ1) is 19.6. The van der Waals surface area contributed by atoms with Gasteiger partial charge in [-0.1, -0.05) is 36.4 Å². The second-order valence-corrected chi connectivity index (χ2v) is 8.59. The van der Waals surface area contributed by atoms with Gasteiger partial charge in [-0.3, -0.25) is 0 Å². The standard InChI is InChI=1S/C20H28N2O2S/c1-14-12-15(2)17(4)20(16(14)3)25(23,24)21-19(13-22(5)6)18-10-8-7-9-11-18/h7-12,19,21H,13H2,1-6H3/t19-/m1/s1. The molecule has 0 amide bonds. The maximum absolute atomic E-state index is 13.2. The number of rotatable bonds is 6. The molecule has 0 aliphatic heterocycles. The number of aryl methyl sites for hydroxylation is 2. The van der Waals surface area contributed by atoms with Crippen molar-refractivity contribution in [1.82, 2.24) is 9.62 Å². The van der Waals surface area contributed by atoms with E-state index in [9.17, 15) is 8.42 Å². The van der Waals surface area contributed by atoms with E-state index < -0.39 is 10.0 Å². The molecule has 0 unspecified atom stereocenters. The molecular formula is C20H28N2O2S. The lowest BCUT2D eigenvalue weighted by Crippen LogP contribution is -2.36. The van der Waals surface area contributed by atoms with Crippen molar-refractivity contribution in [3.8, 4) is 0 Å². The van der Waals surface area contributed by atoms with Crippen molar-refractivity contribution in [3.05, 3.63) is 64.2 Å². The summed E-state index contributed by atoms with van der Waals surface area (Å²) >= 11 is 0. The van der Waals surface area contributed by atoms with Gasteiger partial charge in [-0.15, -0.1) is 0 Å². The molecule has 4 nitrogen and oxygen atoms in total. The molecule has 0 saturated carbocycles. The molecule has 1 N–H and O–H groups in total.